The highest BCUT2D eigenvalue weighted by Crippen LogP contribution is 2.23. The van der Waals surface area contributed by atoms with Crippen LogP contribution in [0.5, 0.6) is 0 Å². The van der Waals surface area contributed by atoms with E-state index in [0.717, 1.165) is 11.2 Å². The number of carbonyl (C=O) groups excluding carboxylic acids is 1. The summed E-state index contributed by atoms with van der Waals surface area (Å²) in [4.78, 5) is 11.3. The van der Waals surface area contributed by atoms with Crippen LogP contribution in [0.4, 0.5) is 0 Å². The normalized spacial score (nSPS) is 30.2. The summed E-state index contributed by atoms with van der Waals surface area (Å²) in [7, 11) is 0. The maximum Gasteiger partial charge on any atom is 0.227 e. The van der Waals surface area contributed by atoms with Gasteiger partial charge >= 0.3 is 0 Å². The number of hydrogen-bond acceptors (Lipinski definition) is 2. The van der Waals surface area contributed by atoms with Gasteiger partial charge in [0.15, 0.2) is 6.21 Å². The average Bonchev–Trinajstić information content (AvgIpc) is 2.32. The predicted molar refractivity (Wildman–Crippen MR) is 42.6 cm³/mol. The van der Waals surface area contributed by atoms with Crippen molar-refractivity contribution in [3.05, 3.63) is 5.21 Å². The molecule has 0 fully saturated rings. The number of hydroxylamine groups is 1. The molecule has 0 aromatic carbocycles. The zero-order valence-electron chi connectivity index (χ0n) is 6.96. The number of nitrogens with zero attached hydrogens (tertiary/aromatic N) is 1. The molecule has 0 N–H and O–H groups in total. The van der Waals surface area contributed by atoms with Crippen molar-refractivity contribution < 1.29 is 9.53 Å². The molecular formula is C8H13NO2. The summed E-state index contributed by atoms with van der Waals surface area (Å²) in [5, 5.41) is 11.1. The highest BCUT2D eigenvalue weighted by atomic mass is 16.5. The van der Waals surface area contributed by atoms with Gasteiger partial charge in [0.1, 0.15) is 0 Å². The molecule has 0 aliphatic carbocycles. The van der Waals surface area contributed by atoms with Crippen molar-refractivity contribution in [2.75, 3.05) is 0 Å². The molecule has 0 spiro atoms. The lowest BCUT2D eigenvalue weighted by Gasteiger charge is -2.20. The Morgan fingerprint density at radius 2 is 2.45 bits per heavy atom. The van der Waals surface area contributed by atoms with Gasteiger partial charge < -0.3 is 5.21 Å². The van der Waals surface area contributed by atoms with Gasteiger partial charge in [-0.05, 0) is 0 Å². The molecule has 3 heteroatoms. The SMILES string of the molecule is CCC(=O)C1(C)CCC=[N+]1[O-]. The minimum atomic E-state index is -0.755. The van der Waals surface area contributed by atoms with Gasteiger partial charge in [-0.25, -0.2) is 4.74 Å². The topological polar surface area (TPSA) is 43.1 Å². The van der Waals surface area contributed by atoms with E-state index in [1.807, 2.05) is 0 Å². The number of rotatable bonds is 2. The maximum absolute atomic E-state index is 11.3. The van der Waals surface area contributed by atoms with Crippen LogP contribution in [0, 0.1) is 5.21 Å². The Morgan fingerprint density at radius 3 is 2.82 bits per heavy atom. The molecule has 0 amide bonds. The highest BCUT2D eigenvalue weighted by molar-refractivity contribution is 5.87. The van der Waals surface area contributed by atoms with Gasteiger partial charge in [-0.1, -0.05) is 6.92 Å². The fourth-order valence-corrected chi connectivity index (χ4v) is 1.42. The third-order valence-electron chi connectivity index (χ3n) is 2.33. The third kappa shape index (κ3) is 1.15. The Bertz CT molecular complexity index is 210. The van der Waals surface area contributed by atoms with E-state index in [9.17, 15) is 10.0 Å². The molecule has 1 heterocycles. The summed E-state index contributed by atoms with van der Waals surface area (Å²) in [5.41, 5.74) is -0.755. The molecule has 0 saturated heterocycles. The Kier molecular flexibility index (Phi) is 1.98. The van der Waals surface area contributed by atoms with Crippen molar-refractivity contribution in [2.45, 2.75) is 38.6 Å². The van der Waals surface area contributed by atoms with Crippen LogP contribution in [0.15, 0.2) is 0 Å². The van der Waals surface area contributed by atoms with Crippen LogP contribution in [0.25, 0.3) is 0 Å². The van der Waals surface area contributed by atoms with E-state index in [-0.39, 0.29) is 5.78 Å². The second-order valence-electron chi connectivity index (χ2n) is 3.10. The second-order valence-corrected chi connectivity index (χ2v) is 3.10. The fourth-order valence-electron chi connectivity index (χ4n) is 1.42. The van der Waals surface area contributed by atoms with Crippen LogP contribution in [0.3, 0.4) is 0 Å². The third-order valence-corrected chi connectivity index (χ3v) is 2.33. The van der Waals surface area contributed by atoms with E-state index in [0.29, 0.717) is 12.8 Å². The van der Waals surface area contributed by atoms with Crippen LogP contribution >= 0.6 is 0 Å². The smallest absolute Gasteiger partial charge is 0.227 e. The standard InChI is InChI=1S/C8H13NO2/c1-3-7(10)8(2)5-4-6-9(8)11/h6H,3-5H2,1-2H3. The highest BCUT2D eigenvalue weighted by Gasteiger charge is 2.42. The number of ketones is 1. The molecule has 0 aromatic rings. The van der Waals surface area contributed by atoms with Gasteiger partial charge in [0.25, 0.3) is 0 Å². The summed E-state index contributed by atoms with van der Waals surface area (Å²) in [6.45, 7) is 3.51. The van der Waals surface area contributed by atoms with Gasteiger partial charge in [-0.2, -0.15) is 0 Å². The minimum Gasteiger partial charge on any atom is -0.623 e. The monoisotopic (exact) mass is 155 g/mol. The predicted octanol–water partition coefficient (Wildman–Crippen LogP) is 1.10. The van der Waals surface area contributed by atoms with E-state index in [2.05, 4.69) is 0 Å². The van der Waals surface area contributed by atoms with Crippen LogP contribution in [-0.4, -0.2) is 22.3 Å². The first-order valence-electron chi connectivity index (χ1n) is 3.94. The first-order chi connectivity index (χ1) is 5.11. The first-order valence-corrected chi connectivity index (χ1v) is 3.94. The summed E-state index contributed by atoms with van der Waals surface area (Å²) in [5.74, 6) is 0.0428. The lowest BCUT2D eigenvalue weighted by atomic mass is 9.92. The van der Waals surface area contributed by atoms with Gasteiger partial charge in [-0.15, -0.1) is 0 Å². The van der Waals surface area contributed by atoms with Gasteiger partial charge in [0.2, 0.25) is 11.3 Å². The molecule has 1 unspecified atom stereocenters. The quantitative estimate of drug-likeness (QED) is 0.442. The van der Waals surface area contributed by atoms with Crippen molar-refractivity contribution in [3.8, 4) is 0 Å². The van der Waals surface area contributed by atoms with Crippen molar-refractivity contribution >= 4 is 12.0 Å². The van der Waals surface area contributed by atoms with E-state index in [4.69, 9.17) is 0 Å². The molecule has 11 heavy (non-hydrogen) atoms. The number of carbonyl (C=O) groups is 1. The first kappa shape index (κ1) is 8.24. The number of hydrogen-bond donors (Lipinski definition) is 0. The fraction of sp³-hybridized carbons (Fsp3) is 0.750. The summed E-state index contributed by atoms with van der Waals surface area (Å²) in [6, 6.07) is 0. The van der Waals surface area contributed by atoms with Crippen LogP contribution in [0.2, 0.25) is 0 Å². The van der Waals surface area contributed by atoms with Gasteiger partial charge in [-0.3, -0.25) is 4.79 Å². The van der Waals surface area contributed by atoms with Crippen molar-refractivity contribution in [1.82, 2.24) is 0 Å². The Labute approximate surface area is 66.3 Å². The maximum atomic E-state index is 11.3. The average molecular weight is 155 g/mol. The number of Topliss-reactive ketones (excluding diaryl/α,β-unsaturated/α-hetero) is 1. The second kappa shape index (κ2) is 2.64. The van der Waals surface area contributed by atoms with Gasteiger partial charge in [0, 0.05) is 26.2 Å². The van der Waals surface area contributed by atoms with Crippen LogP contribution < -0.4 is 0 Å². The molecule has 1 aliphatic heterocycles. The molecule has 1 rings (SSSR count). The lowest BCUT2D eigenvalue weighted by molar-refractivity contribution is -0.514. The zero-order chi connectivity index (χ0) is 8.48. The molecule has 62 valence electrons. The van der Waals surface area contributed by atoms with E-state index < -0.39 is 5.54 Å². The van der Waals surface area contributed by atoms with Crippen molar-refractivity contribution in [3.63, 3.8) is 0 Å². The summed E-state index contributed by atoms with van der Waals surface area (Å²) in [6.07, 6.45) is 3.39. The van der Waals surface area contributed by atoms with E-state index in [1.165, 1.54) is 0 Å². The van der Waals surface area contributed by atoms with E-state index >= 15 is 0 Å². The molecule has 0 aromatic heterocycles. The lowest BCUT2D eigenvalue weighted by Crippen LogP contribution is -2.40. The minimum absolute atomic E-state index is 0.0428. The molecule has 1 aliphatic rings. The molecule has 3 nitrogen and oxygen atoms in total. The Balaban J connectivity index is 2.83. The van der Waals surface area contributed by atoms with E-state index in [1.54, 1.807) is 20.1 Å². The van der Waals surface area contributed by atoms with Crippen molar-refractivity contribution in [2.24, 2.45) is 0 Å². The van der Waals surface area contributed by atoms with Crippen molar-refractivity contribution in [1.29, 1.82) is 0 Å². The molecule has 1 atom stereocenters. The summed E-state index contributed by atoms with van der Waals surface area (Å²) < 4.78 is 0.804. The van der Waals surface area contributed by atoms with Crippen LogP contribution in [-0.2, 0) is 4.79 Å². The molecule has 0 radical (unpaired) electrons. The Hall–Kier alpha value is -0.860. The summed E-state index contributed by atoms with van der Waals surface area (Å²) >= 11 is 0. The molecular weight excluding hydrogens is 142 g/mol. The largest absolute Gasteiger partial charge is 0.623 e. The zero-order valence-corrected chi connectivity index (χ0v) is 6.96. The Morgan fingerprint density at radius 1 is 1.82 bits per heavy atom. The molecule has 0 bridgehead atoms. The molecule has 0 saturated carbocycles. The van der Waals surface area contributed by atoms with Crippen LogP contribution in [0.1, 0.15) is 33.1 Å². The van der Waals surface area contributed by atoms with Gasteiger partial charge in [0.05, 0.1) is 0 Å².